The van der Waals surface area contributed by atoms with Crippen LogP contribution in [0.2, 0.25) is 0 Å². The Morgan fingerprint density at radius 1 is 1.33 bits per heavy atom. The molecule has 0 fully saturated rings. The third kappa shape index (κ3) is 7.15. The Morgan fingerprint density at radius 3 is 2.67 bits per heavy atom. The van der Waals surface area contributed by atoms with Crippen LogP contribution in [-0.4, -0.2) is 52.4 Å². The minimum atomic E-state index is 0.116. The number of hydrogen-bond donors (Lipinski definition) is 1. The lowest BCUT2D eigenvalue weighted by Gasteiger charge is -2.22. The summed E-state index contributed by atoms with van der Waals surface area (Å²) in [6.07, 6.45) is 2.86. The second kappa shape index (κ2) is 9.41. The molecule has 0 aliphatic rings. The number of hydrogen-bond acceptors (Lipinski definition) is 4. The predicted molar refractivity (Wildman–Crippen MR) is 88.8 cm³/mol. The molecule has 0 aliphatic carbocycles. The van der Waals surface area contributed by atoms with Crippen LogP contribution in [0.15, 0.2) is 24.4 Å². The highest BCUT2D eigenvalue weighted by atomic mass is 32.1. The van der Waals surface area contributed by atoms with Gasteiger partial charge in [0.25, 0.3) is 0 Å². The van der Waals surface area contributed by atoms with E-state index < -0.39 is 0 Å². The van der Waals surface area contributed by atoms with Gasteiger partial charge in [0.1, 0.15) is 0 Å². The van der Waals surface area contributed by atoms with E-state index in [4.69, 9.17) is 18.0 Å². The summed E-state index contributed by atoms with van der Waals surface area (Å²) >= 11 is 4.82. The van der Waals surface area contributed by atoms with Gasteiger partial charge >= 0.3 is 0 Å². The lowest BCUT2D eigenvalue weighted by atomic mass is 10.3. The number of pyridine rings is 1. The number of carbonyl (C=O) groups is 1. The normalized spacial score (nSPS) is 10.6. The molecule has 2 N–H and O–H groups in total. The first kappa shape index (κ1) is 17.5. The van der Waals surface area contributed by atoms with Crippen LogP contribution < -0.4 is 5.73 Å². The van der Waals surface area contributed by atoms with Gasteiger partial charge in [0.2, 0.25) is 5.91 Å². The highest BCUT2D eigenvalue weighted by molar-refractivity contribution is 7.80. The van der Waals surface area contributed by atoms with Crippen LogP contribution in [0.5, 0.6) is 0 Å². The van der Waals surface area contributed by atoms with Crippen molar-refractivity contribution in [2.75, 3.05) is 26.7 Å². The summed E-state index contributed by atoms with van der Waals surface area (Å²) in [7, 11) is 1.79. The molecule has 0 spiro atoms. The minimum Gasteiger partial charge on any atom is -0.393 e. The van der Waals surface area contributed by atoms with Crippen molar-refractivity contribution in [2.24, 2.45) is 5.73 Å². The summed E-state index contributed by atoms with van der Waals surface area (Å²) in [5.41, 5.74) is 6.47. The SMILES string of the molecule is CCN(CCC(=O)N(C)CCC(N)=S)Cc1ccccn1. The van der Waals surface area contributed by atoms with Crippen LogP contribution in [0, 0.1) is 0 Å². The van der Waals surface area contributed by atoms with E-state index in [0.717, 1.165) is 25.3 Å². The molecule has 6 heteroatoms. The van der Waals surface area contributed by atoms with E-state index in [9.17, 15) is 4.79 Å². The first-order chi connectivity index (χ1) is 10.0. The summed E-state index contributed by atoms with van der Waals surface area (Å²) in [4.78, 5) is 20.7. The zero-order chi connectivity index (χ0) is 15.7. The first-order valence-electron chi connectivity index (χ1n) is 7.17. The van der Waals surface area contributed by atoms with E-state index in [2.05, 4.69) is 16.8 Å². The Kier molecular flexibility index (Phi) is 7.85. The van der Waals surface area contributed by atoms with Gasteiger partial charge in [-0.2, -0.15) is 0 Å². The molecule has 116 valence electrons. The van der Waals surface area contributed by atoms with E-state index >= 15 is 0 Å². The van der Waals surface area contributed by atoms with Crippen molar-refractivity contribution in [3.05, 3.63) is 30.1 Å². The fourth-order valence-electron chi connectivity index (χ4n) is 1.92. The Morgan fingerprint density at radius 2 is 2.10 bits per heavy atom. The van der Waals surface area contributed by atoms with Gasteiger partial charge in [-0.3, -0.25) is 14.7 Å². The smallest absolute Gasteiger partial charge is 0.223 e. The molecule has 0 saturated carbocycles. The highest BCUT2D eigenvalue weighted by Crippen LogP contribution is 2.03. The van der Waals surface area contributed by atoms with Gasteiger partial charge in [0.15, 0.2) is 0 Å². The van der Waals surface area contributed by atoms with Crippen LogP contribution in [-0.2, 0) is 11.3 Å². The third-order valence-corrected chi connectivity index (χ3v) is 3.52. The second-order valence-corrected chi connectivity index (χ2v) is 5.50. The Hall–Kier alpha value is -1.53. The van der Waals surface area contributed by atoms with Crippen LogP contribution in [0.3, 0.4) is 0 Å². The number of amides is 1. The molecular weight excluding hydrogens is 284 g/mol. The monoisotopic (exact) mass is 308 g/mol. The van der Waals surface area contributed by atoms with Crippen LogP contribution in [0.1, 0.15) is 25.5 Å². The van der Waals surface area contributed by atoms with Gasteiger partial charge in [-0.25, -0.2) is 0 Å². The van der Waals surface area contributed by atoms with Crippen LogP contribution in [0.25, 0.3) is 0 Å². The fourth-order valence-corrected chi connectivity index (χ4v) is 2.01. The van der Waals surface area contributed by atoms with Crippen molar-refractivity contribution < 1.29 is 4.79 Å². The van der Waals surface area contributed by atoms with Crippen molar-refractivity contribution in [2.45, 2.75) is 26.3 Å². The average Bonchev–Trinajstić information content (AvgIpc) is 2.49. The molecule has 1 heterocycles. The van der Waals surface area contributed by atoms with Crippen LogP contribution in [0.4, 0.5) is 0 Å². The van der Waals surface area contributed by atoms with Gasteiger partial charge in [0.05, 0.1) is 10.7 Å². The van der Waals surface area contributed by atoms with E-state index in [1.54, 1.807) is 18.1 Å². The number of carbonyl (C=O) groups excluding carboxylic acids is 1. The molecule has 0 bridgehead atoms. The zero-order valence-electron chi connectivity index (χ0n) is 12.8. The predicted octanol–water partition coefficient (Wildman–Crippen LogP) is 1.43. The molecule has 0 aromatic carbocycles. The molecule has 0 atom stereocenters. The highest BCUT2D eigenvalue weighted by Gasteiger charge is 2.11. The Labute approximate surface area is 132 Å². The number of thiocarbonyl (C=S) groups is 1. The van der Waals surface area contributed by atoms with E-state index in [0.29, 0.717) is 24.4 Å². The quantitative estimate of drug-likeness (QED) is 0.699. The van der Waals surface area contributed by atoms with Crippen LogP contribution >= 0.6 is 12.2 Å². The van der Waals surface area contributed by atoms with E-state index in [1.165, 1.54) is 0 Å². The van der Waals surface area contributed by atoms with Crippen molar-refractivity contribution in [3.8, 4) is 0 Å². The molecule has 0 saturated heterocycles. The summed E-state index contributed by atoms with van der Waals surface area (Å²) in [6.45, 7) is 5.05. The number of nitrogens with two attached hydrogens (primary N) is 1. The summed E-state index contributed by atoms with van der Waals surface area (Å²) < 4.78 is 0. The largest absolute Gasteiger partial charge is 0.393 e. The molecular formula is C15H24N4OS. The van der Waals surface area contributed by atoms with Gasteiger partial charge in [-0.05, 0) is 18.7 Å². The maximum atomic E-state index is 12.0. The van der Waals surface area contributed by atoms with Gasteiger partial charge < -0.3 is 10.6 Å². The maximum Gasteiger partial charge on any atom is 0.223 e. The zero-order valence-corrected chi connectivity index (χ0v) is 13.6. The third-order valence-electron chi connectivity index (χ3n) is 3.32. The van der Waals surface area contributed by atoms with E-state index in [1.807, 2.05) is 18.2 Å². The summed E-state index contributed by atoms with van der Waals surface area (Å²) in [6, 6.07) is 5.88. The topological polar surface area (TPSA) is 62.5 Å². The Bertz CT molecular complexity index is 452. The number of aromatic nitrogens is 1. The molecule has 5 nitrogen and oxygen atoms in total. The fraction of sp³-hybridized carbons (Fsp3) is 0.533. The molecule has 0 unspecified atom stereocenters. The van der Waals surface area contributed by atoms with E-state index in [-0.39, 0.29) is 5.91 Å². The van der Waals surface area contributed by atoms with Gasteiger partial charge in [-0.15, -0.1) is 0 Å². The van der Waals surface area contributed by atoms with Gasteiger partial charge in [0, 0.05) is 45.7 Å². The molecule has 0 aliphatic heterocycles. The molecule has 1 aromatic rings. The maximum absolute atomic E-state index is 12.0. The second-order valence-electron chi connectivity index (χ2n) is 4.97. The minimum absolute atomic E-state index is 0.116. The number of rotatable bonds is 9. The number of nitrogens with zero attached hydrogens (tertiary/aromatic N) is 3. The lowest BCUT2D eigenvalue weighted by Crippen LogP contribution is -2.33. The molecule has 1 amide bonds. The van der Waals surface area contributed by atoms with Crippen molar-refractivity contribution in [1.29, 1.82) is 0 Å². The van der Waals surface area contributed by atoms with Gasteiger partial charge in [-0.1, -0.05) is 25.2 Å². The standard InChI is InChI=1S/C15H24N4OS/c1-3-19(12-13-6-4-5-9-17-13)11-8-15(20)18(2)10-7-14(16)21/h4-6,9H,3,7-8,10-12H2,1-2H3,(H2,16,21). The van der Waals surface area contributed by atoms with Crippen molar-refractivity contribution in [1.82, 2.24) is 14.8 Å². The first-order valence-corrected chi connectivity index (χ1v) is 7.58. The lowest BCUT2D eigenvalue weighted by molar-refractivity contribution is -0.130. The molecule has 1 aromatic heterocycles. The summed E-state index contributed by atoms with van der Waals surface area (Å²) in [5.74, 6) is 0.116. The Balaban J connectivity index is 2.37. The van der Waals surface area contributed by atoms with Crippen molar-refractivity contribution >= 4 is 23.1 Å². The summed E-state index contributed by atoms with van der Waals surface area (Å²) in [5, 5.41) is 0. The average molecular weight is 308 g/mol. The molecule has 21 heavy (non-hydrogen) atoms. The van der Waals surface area contributed by atoms with Crippen molar-refractivity contribution in [3.63, 3.8) is 0 Å². The molecule has 1 rings (SSSR count). The molecule has 0 radical (unpaired) electrons.